The molecule has 0 bridgehead atoms. The van der Waals surface area contributed by atoms with Gasteiger partial charge in [-0.1, -0.05) is 6.07 Å². The van der Waals surface area contributed by atoms with Crippen molar-refractivity contribution >= 4 is 16.7 Å². The largest absolute Gasteiger partial charge is 0.493 e. The van der Waals surface area contributed by atoms with Crippen LogP contribution in [0.5, 0.6) is 28.7 Å². The van der Waals surface area contributed by atoms with Crippen molar-refractivity contribution in [3.8, 4) is 39.9 Å². The SMILES string of the molecule is COc1cc2c(OF)c3c(c(-c4ccc5c(c4)OCO5)c2cc1OC)C(=O)OC3. The molecule has 0 aromatic heterocycles. The lowest BCUT2D eigenvalue weighted by Gasteiger charge is -2.16. The fourth-order valence-electron chi connectivity index (χ4n) is 3.85. The Morgan fingerprint density at radius 1 is 0.897 bits per heavy atom. The van der Waals surface area contributed by atoms with Crippen molar-refractivity contribution in [2.45, 2.75) is 6.61 Å². The molecule has 7 nitrogen and oxygen atoms in total. The number of cyclic esters (lactones) is 1. The van der Waals surface area contributed by atoms with E-state index in [0.717, 1.165) is 0 Å². The predicted octanol–water partition coefficient (Wildman–Crippen LogP) is 4.19. The van der Waals surface area contributed by atoms with Crippen molar-refractivity contribution in [2.75, 3.05) is 21.0 Å². The standard InChI is InChI=1S/C21H15FO7/c1-24-15-6-11-12(7-16(15)25-2)20(29-22)13-8-26-21(23)19(13)18(11)10-3-4-14-17(5-10)28-9-27-14/h3-7H,8-9H2,1-2H3. The number of hydrogen-bond donors (Lipinski definition) is 0. The molecule has 3 aromatic rings. The molecule has 0 saturated carbocycles. The quantitative estimate of drug-likeness (QED) is 0.610. The average Bonchev–Trinajstić information content (AvgIpc) is 3.37. The van der Waals surface area contributed by atoms with Gasteiger partial charge >= 0.3 is 5.97 Å². The van der Waals surface area contributed by atoms with E-state index in [2.05, 4.69) is 4.94 Å². The van der Waals surface area contributed by atoms with Crippen molar-refractivity contribution < 1.29 is 37.9 Å². The van der Waals surface area contributed by atoms with Gasteiger partial charge in [-0.2, -0.15) is 0 Å². The van der Waals surface area contributed by atoms with Crippen LogP contribution in [-0.4, -0.2) is 27.0 Å². The molecule has 0 spiro atoms. The molecule has 0 saturated heterocycles. The second-order valence-electron chi connectivity index (χ2n) is 6.53. The number of methoxy groups -OCH3 is 2. The smallest absolute Gasteiger partial charge is 0.339 e. The van der Waals surface area contributed by atoms with Crippen LogP contribution in [-0.2, 0) is 11.3 Å². The summed E-state index contributed by atoms with van der Waals surface area (Å²) in [6, 6.07) is 8.64. The summed E-state index contributed by atoms with van der Waals surface area (Å²) in [4.78, 5) is 16.8. The third-order valence-corrected chi connectivity index (χ3v) is 5.15. The maximum Gasteiger partial charge on any atom is 0.339 e. The zero-order chi connectivity index (χ0) is 20.1. The third kappa shape index (κ3) is 2.45. The van der Waals surface area contributed by atoms with Crippen LogP contribution < -0.4 is 23.9 Å². The topological polar surface area (TPSA) is 72.5 Å². The Morgan fingerprint density at radius 3 is 2.34 bits per heavy atom. The zero-order valence-electron chi connectivity index (χ0n) is 15.5. The summed E-state index contributed by atoms with van der Waals surface area (Å²) in [5.41, 5.74) is 1.84. The maximum atomic E-state index is 13.6. The van der Waals surface area contributed by atoms with E-state index in [-0.39, 0.29) is 24.7 Å². The Labute approximate surface area is 164 Å². The van der Waals surface area contributed by atoms with Gasteiger partial charge in [0.1, 0.15) is 6.61 Å². The van der Waals surface area contributed by atoms with Crippen molar-refractivity contribution in [1.82, 2.24) is 0 Å². The van der Waals surface area contributed by atoms with Gasteiger partial charge in [-0.3, -0.25) is 4.94 Å². The molecule has 148 valence electrons. The van der Waals surface area contributed by atoms with Crippen LogP contribution in [0.1, 0.15) is 15.9 Å². The number of carbonyl (C=O) groups is 1. The van der Waals surface area contributed by atoms with Crippen molar-refractivity contribution in [2.24, 2.45) is 0 Å². The highest BCUT2D eigenvalue weighted by Gasteiger charge is 2.34. The minimum atomic E-state index is -0.553. The summed E-state index contributed by atoms with van der Waals surface area (Å²) < 4.78 is 40.4. The van der Waals surface area contributed by atoms with E-state index in [4.69, 9.17) is 23.7 Å². The first kappa shape index (κ1) is 17.4. The van der Waals surface area contributed by atoms with Gasteiger partial charge in [-0.25, -0.2) is 4.79 Å². The number of hydrogen-bond acceptors (Lipinski definition) is 7. The highest BCUT2D eigenvalue weighted by Crippen LogP contribution is 2.49. The molecule has 0 unspecified atom stereocenters. The lowest BCUT2D eigenvalue weighted by molar-refractivity contribution is -0.00628. The highest BCUT2D eigenvalue weighted by atomic mass is 19.3. The fourth-order valence-corrected chi connectivity index (χ4v) is 3.85. The van der Waals surface area contributed by atoms with E-state index in [0.29, 0.717) is 50.5 Å². The molecule has 0 N–H and O–H groups in total. The molecule has 0 aliphatic carbocycles. The number of fused-ring (bicyclic) bond motifs is 3. The molecule has 2 heterocycles. The second kappa shape index (κ2) is 6.44. The molecule has 2 aliphatic heterocycles. The minimum absolute atomic E-state index is 0.0775. The van der Waals surface area contributed by atoms with Crippen LogP contribution in [0.25, 0.3) is 21.9 Å². The third-order valence-electron chi connectivity index (χ3n) is 5.15. The monoisotopic (exact) mass is 398 g/mol. The number of ether oxygens (including phenoxy) is 5. The van der Waals surface area contributed by atoms with Crippen LogP contribution in [0.4, 0.5) is 4.53 Å². The molecular formula is C21H15FO7. The van der Waals surface area contributed by atoms with Crippen LogP contribution in [0, 0.1) is 0 Å². The van der Waals surface area contributed by atoms with Gasteiger partial charge in [0.2, 0.25) is 6.79 Å². The summed E-state index contributed by atoms with van der Waals surface area (Å²) in [6.07, 6.45) is 0. The first-order valence-corrected chi connectivity index (χ1v) is 8.76. The molecule has 3 aromatic carbocycles. The normalized spacial score (nSPS) is 14.0. The summed E-state index contributed by atoms with van der Waals surface area (Å²) in [7, 11) is 2.98. The number of rotatable bonds is 4. The average molecular weight is 398 g/mol. The van der Waals surface area contributed by atoms with Gasteiger partial charge in [-0.15, -0.1) is 0 Å². The lowest BCUT2D eigenvalue weighted by atomic mass is 9.89. The number of benzene rings is 3. The van der Waals surface area contributed by atoms with E-state index in [1.54, 1.807) is 30.3 Å². The van der Waals surface area contributed by atoms with E-state index in [1.807, 2.05) is 0 Å². The first-order valence-electron chi connectivity index (χ1n) is 8.76. The fraction of sp³-hybridized carbons (Fsp3) is 0.190. The number of esters is 1. The summed E-state index contributed by atoms with van der Waals surface area (Å²) in [6.45, 7) is 0.0363. The Bertz CT molecular complexity index is 1170. The number of halogens is 1. The molecule has 0 radical (unpaired) electrons. The molecule has 0 fully saturated rings. The Hall–Kier alpha value is -3.68. The van der Waals surface area contributed by atoms with E-state index in [1.165, 1.54) is 14.2 Å². The predicted molar refractivity (Wildman–Crippen MR) is 99.5 cm³/mol. The van der Waals surface area contributed by atoms with Crippen LogP contribution in [0.15, 0.2) is 30.3 Å². The van der Waals surface area contributed by atoms with Gasteiger partial charge < -0.3 is 23.7 Å². The summed E-state index contributed by atoms with van der Waals surface area (Å²) >= 11 is 0. The molecule has 29 heavy (non-hydrogen) atoms. The molecule has 0 amide bonds. The van der Waals surface area contributed by atoms with Crippen LogP contribution in [0.2, 0.25) is 0 Å². The molecular weight excluding hydrogens is 383 g/mol. The van der Waals surface area contributed by atoms with Crippen LogP contribution >= 0.6 is 0 Å². The maximum absolute atomic E-state index is 13.6. The molecule has 8 heteroatoms. The first-order chi connectivity index (χ1) is 14.2. The van der Waals surface area contributed by atoms with E-state index >= 15 is 0 Å². The molecule has 0 atom stereocenters. The van der Waals surface area contributed by atoms with E-state index in [9.17, 15) is 9.32 Å². The Balaban J connectivity index is 1.91. The lowest BCUT2D eigenvalue weighted by Crippen LogP contribution is -2.01. The van der Waals surface area contributed by atoms with Gasteiger partial charge in [0.15, 0.2) is 28.7 Å². The summed E-state index contributed by atoms with van der Waals surface area (Å²) in [5.74, 6) is 1.37. The van der Waals surface area contributed by atoms with Crippen LogP contribution in [0.3, 0.4) is 0 Å². The molecule has 2 aliphatic rings. The van der Waals surface area contributed by atoms with E-state index < -0.39 is 5.97 Å². The van der Waals surface area contributed by atoms with Gasteiger partial charge in [0.25, 0.3) is 0 Å². The van der Waals surface area contributed by atoms with Gasteiger partial charge in [0, 0.05) is 15.5 Å². The van der Waals surface area contributed by atoms with Crippen molar-refractivity contribution in [3.63, 3.8) is 0 Å². The van der Waals surface area contributed by atoms with Crippen molar-refractivity contribution in [1.29, 1.82) is 0 Å². The van der Waals surface area contributed by atoms with Gasteiger partial charge in [0.05, 0.1) is 25.3 Å². The Morgan fingerprint density at radius 2 is 1.62 bits per heavy atom. The summed E-state index contributed by atoms with van der Waals surface area (Å²) in [5, 5.41) is 0.974. The second-order valence-corrected chi connectivity index (χ2v) is 6.53. The number of carbonyl (C=O) groups excluding carboxylic acids is 1. The van der Waals surface area contributed by atoms with Gasteiger partial charge in [-0.05, 0) is 35.2 Å². The zero-order valence-corrected chi connectivity index (χ0v) is 15.5. The highest BCUT2D eigenvalue weighted by molar-refractivity contribution is 6.14. The Kier molecular flexibility index (Phi) is 3.87. The molecule has 5 rings (SSSR count). The minimum Gasteiger partial charge on any atom is -0.493 e. The van der Waals surface area contributed by atoms with Crippen molar-refractivity contribution in [3.05, 3.63) is 41.5 Å².